The van der Waals surface area contributed by atoms with Gasteiger partial charge in [0.1, 0.15) is 0 Å². The quantitative estimate of drug-likeness (QED) is 0.647. The molecule has 1 heteroatoms. The number of ether oxygens (including phenoxy) is 1. The van der Waals surface area contributed by atoms with Gasteiger partial charge in [-0.25, -0.2) is 0 Å². The van der Waals surface area contributed by atoms with Crippen LogP contribution in [0, 0.1) is 5.92 Å². The molecular formula is C12H26O. The van der Waals surface area contributed by atoms with Crippen LogP contribution in [0.5, 0.6) is 0 Å². The van der Waals surface area contributed by atoms with Gasteiger partial charge in [-0.1, -0.05) is 27.7 Å². The SMILES string of the molecule is CC.CCCOC1CCC(C)CC1. The average Bonchev–Trinajstić information content (AvgIpc) is 2.20. The second-order valence-corrected chi connectivity index (χ2v) is 3.75. The molecule has 80 valence electrons. The Morgan fingerprint density at radius 3 is 2.08 bits per heavy atom. The van der Waals surface area contributed by atoms with Crippen molar-refractivity contribution in [2.75, 3.05) is 6.61 Å². The lowest BCUT2D eigenvalue weighted by molar-refractivity contribution is 0.0203. The van der Waals surface area contributed by atoms with Gasteiger partial charge in [0.25, 0.3) is 0 Å². The lowest BCUT2D eigenvalue weighted by atomic mass is 9.89. The van der Waals surface area contributed by atoms with Gasteiger partial charge < -0.3 is 4.74 Å². The maximum Gasteiger partial charge on any atom is 0.0575 e. The molecule has 0 atom stereocenters. The van der Waals surface area contributed by atoms with Gasteiger partial charge in [-0.15, -0.1) is 0 Å². The van der Waals surface area contributed by atoms with E-state index in [-0.39, 0.29) is 0 Å². The van der Waals surface area contributed by atoms with Crippen molar-refractivity contribution in [3.63, 3.8) is 0 Å². The summed E-state index contributed by atoms with van der Waals surface area (Å²) < 4.78 is 5.68. The van der Waals surface area contributed by atoms with Gasteiger partial charge in [-0.2, -0.15) is 0 Å². The third kappa shape index (κ3) is 6.09. The van der Waals surface area contributed by atoms with Crippen LogP contribution in [0.15, 0.2) is 0 Å². The van der Waals surface area contributed by atoms with Crippen LogP contribution in [-0.4, -0.2) is 12.7 Å². The highest BCUT2D eigenvalue weighted by atomic mass is 16.5. The molecular weight excluding hydrogens is 160 g/mol. The Hall–Kier alpha value is -0.0400. The standard InChI is InChI=1S/C10H20O.C2H6/c1-3-8-11-10-6-4-9(2)5-7-10;1-2/h9-10H,3-8H2,1-2H3;1-2H3. The second kappa shape index (κ2) is 8.55. The summed E-state index contributed by atoms with van der Waals surface area (Å²) in [6.07, 6.45) is 7.07. The first-order valence-corrected chi connectivity index (χ1v) is 5.94. The summed E-state index contributed by atoms with van der Waals surface area (Å²) in [5, 5.41) is 0. The van der Waals surface area contributed by atoms with E-state index in [1.807, 2.05) is 13.8 Å². The summed E-state index contributed by atoms with van der Waals surface area (Å²) in [6, 6.07) is 0. The monoisotopic (exact) mass is 186 g/mol. The molecule has 1 aliphatic rings. The fraction of sp³-hybridized carbons (Fsp3) is 1.00. The van der Waals surface area contributed by atoms with Crippen molar-refractivity contribution < 1.29 is 4.74 Å². The predicted molar refractivity (Wildman–Crippen MR) is 59.0 cm³/mol. The third-order valence-corrected chi connectivity index (χ3v) is 2.52. The lowest BCUT2D eigenvalue weighted by Gasteiger charge is -2.25. The Labute approximate surface area is 83.9 Å². The van der Waals surface area contributed by atoms with Crippen LogP contribution >= 0.6 is 0 Å². The van der Waals surface area contributed by atoms with Crippen molar-refractivity contribution in [2.45, 2.75) is 65.9 Å². The molecule has 0 heterocycles. The largest absolute Gasteiger partial charge is 0.378 e. The van der Waals surface area contributed by atoms with E-state index in [1.165, 1.54) is 25.7 Å². The van der Waals surface area contributed by atoms with Crippen LogP contribution in [0.3, 0.4) is 0 Å². The van der Waals surface area contributed by atoms with Crippen LogP contribution in [-0.2, 0) is 4.74 Å². The van der Waals surface area contributed by atoms with E-state index in [2.05, 4.69) is 13.8 Å². The third-order valence-electron chi connectivity index (χ3n) is 2.52. The van der Waals surface area contributed by atoms with E-state index < -0.39 is 0 Å². The zero-order valence-electron chi connectivity index (χ0n) is 9.81. The topological polar surface area (TPSA) is 9.23 Å². The van der Waals surface area contributed by atoms with Gasteiger partial charge in [0.15, 0.2) is 0 Å². The molecule has 0 aromatic carbocycles. The Morgan fingerprint density at radius 1 is 1.08 bits per heavy atom. The van der Waals surface area contributed by atoms with Gasteiger partial charge in [0, 0.05) is 6.61 Å². The maximum absolute atomic E-state index is 5.68. The Morgan fingerprint density at radius 2 is 1.62 bits per heavy atom. The number of hydrogen-bond donors (Lipinski definition) is 0. The molecule has 0 radical (unpaired) electrons. The summed E-state index contributed by atoms with van der Waals surface area (Å²) in [6.45, 7) is 9.47. The Bertz CT molecular complexity index is 90.5. The summed E-state index contributed by atoms with van der Waals surface area (Å²) in [5.74, 6) is 0.941. The molecule has 1 aliphatic carbocycles. The van der Waals surface area contributed by atoms with Crippen molar-refractivity contribution in [2.24, 2.45) is 5.92 Å². The van der Waals surface area contributed by atoms with E-state index in [0.29, 0.717) is 6.10 Å². The van der Waals surface area contributed by atoms with Crippen molar-refractivity contribution in [1.29, 1.82) is 0 Å². The average molecular weight is 186 g/mol. The Kier molecular flexibility index (Phi) is 8.53. The van der Waals surface area contributed by atoms with Crippen LogP contribution in [0.4, 0.5) is 0 Å². The van der Waals surface area contributed by atoms with Crippen molar-refractivity contribution in [1.82, 2.24) is 0 Å². The maximum atomic E-state index is 5.68. The van der Waals surface area contributed by atoms with E-state index in [4.69, 9.17) is 4.74 Å². The molecule has 0 bridgehead atoms. The molecule has 0 unspecified atom stereocenters. The molecule has 0 aromatic rings. The fourth-order valence-electron chi connectivity index (χ4n) is 1.68. The van der Waals surface area contributed by atoms with Gasteiger partial charge in [-0.3, -0.25) is 0 Å². The van der Waals surface area contributed by atoms with Gasteiger partial charge in [0.05, 0.1) is 6.10 Å². The second-order valence-electron chi connectivity index (χ2n) is 3.75. The fourth-order valence-corrected chi connectivity index (χ4v) is 1.68. The molecule has 0 saturated heterocycles. The minimum absolute atomic E-state index is 0.589. The van der Waals surface area contributed by atoms with Crippen molar-refractivity contribution in [3.8, 4) is 0 Å². The molecule has 1 saturated carbocycles. The molecule has 0 spiro atoms. The van der Waals surface area contributed by atoms with Crippen molar-refractivity contribution >= 4 is 0 Å². The zero-order valence-corrected chi connectivity index (χ0v) is 9.81. The molecule has 1 rings (SSSR count). The number of rotatable bonds is 3. The number of hydrogen-bond acceptors (Lipinski definition) is 1. The Balaban J connectivity index is 0.000000671. The van der Waals surface area contributed by atoms with Crippen LogP contribution in [0.25, 0.3) is 0 Å². The highest BCUT2D eigenvalue weighted by molar-refractivity contribution is 4.69. The zero-order chi connectivity index (χ0) is 10.1. The molecule has 13 heavy (non-hydrogen) atoms. The van der Waals surface area contributed by atoms with E-state index >= 15 is 0 Å². The lowest BCUT2D eigenvalue weighted by Crippen LogP contribution is -2.20. The highest BCUT2D eigenvalue weighted by Crippen LogP contribution is 2.25. The van der Waals surface area contributed by atoms with E-state index in [1.54, 1.807) is 0 Å². The van der Waals surface area contributed by atoms with Gasteiger partial charge in [0.2, 0.25) is 0 Å². The van der Waals surface area contributed by atoms with Gasteiger partial charge >= 0.3 is 0 Å². The summed E-state index contributed by atoms with van der Waals surface area (Å²) in [4.78, 5) is 0. The first-order valence-electron chi connectivity index (χ1n) is 5.94. The minimum Gasteiger partial charge on any atom is -0.378 e. The molecule has 0 aromatic heterocycles. The van der Waals surface area contributed by atoms with Gasteiger partial charge in [-0.05, 0) is 38.0 Å². The molecule has 0 N–H and O–H groups in total. The van der Waals surface area contributed by atoms with E-state index in [0.717, 1.165) is 18.9 Å². The first kappa shape index (κ1) is 13.0. The minimum atomic E-state index is 0.589. The van der Waals surface area contributed by atoms with Crippen molar-refractivity contribution in [3.05, 3.63) is 0 Å². The predicted octanol–water partition coefficient (Wildman–Crippen LogP) is 4.02. The highest BCUT2D eigenvalue weighted by Gasteiger charge is 2.17. The van der Waals surface area contributed by atoms with Crippen LogP contribution in [0.1, 0.15) is 59.8 Å². The smallest absolute Gasteiger partial charge is 0.0575 e. The molecule has 0 aliphatic heterocycles. The molecule has 1 fully saturated rings. The van der Waals surface area contributed by atoms with Crippen LogP contribution in [0.2, 0.25) is 0 Å². The molecule has 1 nitrogen and oxygen atoms in total. The van der Waals surface area contributed by atoms with Crippen LogP contribution < -0.4 is 0 Å². The van der Waals surface area contributed by atoms with E-state index in [9.17, 15) is 0 Å². The summed E-state index contributed by atoms with van der Waals surface area (Å²) in [7, 11) is 0. The summed E-state index contributed by atoms with van der Waals surface area (Å²) >= 11 is 0. The summed E-state index contributed by atoms with van der Waals surface area (Å²) in [5.41, 5.74) is 0. The first-order chi connectivity index (χ1) is 6.33. The normalized spacial score (nSPS) is 27.7. The molecule has 0 amide bonds.